The number of carbonyl (C=O) groups excluding carboxylic acids is 1. The summed E-state index contributed by atoms with van der Waals surface area (Å²) < 4.78 is 11.3. The number of ether oxygens (including phenoxy) is 2. The molecule has 3 atom stereocenters. The van der Waals surface area contributed by atoms with E-state index in [1.807, 2.05) is 12.1 Å². The quantitative estimate of drug-likeness (QED) is 0.863. The average molecular weight is 344 g/mol. The molecule has 0 aromatic heterocycles. The molecular formula is C20H28N2O3. The number of nitrogens with one attached hydrogen (secondary N) is 2. The molecule has 136 valence electrons. The second-order valence-electron chi connectivity index (χ2n) is 7.72. The molecule has 2 saturated carbocycles. The van der Waals surface area contributed by atoms with Crippen molar-refractivity contribution in [1.29, 1.82) is 0 Å². The fourth-order valence-corrected chi connectivity index (χ4v) is 4.66. The Bertz CT molecular complexity index is 629. The lowest BCUT2D eigenvalue weighted by Crippen LogP contribution is -2.60. The smallest absolute Gasteiger partial charge is 0.315 e. The van der Waals surface area contributed by atoms with Crippen molar-refractivity contribution in [3.8, 4) is 5.75 Å². The molecule has 0 bridgehead atoms. The number of amides is 2. The zero-order valence-corrected chi connectivity index (χ0v) is 14.9. The molecule has 2 amide bonds. The van der Waals surface area contributed by atoms with Gasteiger partial charge in [-0.2, -0.15) is 0 Å². The third kappa shape index (κ3) is 3.10. The number of para-hydroxylation sites is 1. The van der Waals surface area contributed by atoms with E-state index in [0.29, 0.717) is 18.6 Å². The fraction of sp³-hybridized carbons (Fsp3) is 0.650. The third-order valence-corrected chi connectivity index (χ3v) is 6.39. The van der Waals surface area contributed by atoms with Gasteiger partial charge in [0.25, 0.3) is 0 Å². The predicted molar refractivity (Wildman–Crippen MR) is 95.9 cm³/mol. The summed E-state index contributed by atoms with van der Waals surface area (Å²) in [5.74, 6) is 1.43. The molecule has 2 aliphatic carbocycles. The molecule has 1 aromatic rings. The minimum Gasteiger partial charge on any atom is -0.496 e. The van der Waals surface area contributed by atoms with Gasteiger partial charge in [0.1, 0.15) is 5.75 Å². The molecular weight excluding hydrogens is 316 g/mol. The first-order valence-electron chi connectivity index (χ1n) is 9.51. The van der Waals surface area contributed by atoms with Crippen molar-refractivity contribution in [3.63, 3.8) is 0 Å². The lowest BCUT2D eigenvalue weighted by atomic mass is 9.64. The summed E-state index contributed by atoms with van der Waals surface area (Å²) in [6.45, 7) is 1.54. The van der Waals surface area contributed by atoms with Crippen molar-refractivity contribution in [2.24, 2.45) is 5.92 Å². The van der Waals surface area contributed by atoms with Crippen molar-refractivity contribution in [2.75, 3.05) is 20.3 Å². The second kappa shape index (κ2) is 6.87. The SMILES string of the molecule is COc1ccccc1C1(CNC(=O)N[C@@H]2C[C@H]3OCCC[C@H]23)CCC1. The van der Waals surface area contributed by atoms with Crippen LogP contribution in [0.3, 0.4) is 0 Å². The van der Waals surface area contributed by atoms with Crippen molar-refractivity contribution < 1.29 is 14.3 Å². The molecule has 1 aliphatic heterocycles. The highest BCUT2D eigenvalue weighted by molar-refractivity contribution is 5.74. The molecule has 3 aliphatic rings. The minimum atomic E-state index is -0.0461. The molecule has 25 heavy (non-hydrogen) atoms. The fourth-order valence-electron chi connectivity index (χ4n) is 4.66. The van der Waals surface area contributed by atoms with Gasteiger partial charge in [-0.15, -0.1) is 0 Å². The Morgan fingerprint density at radius 2 is 2.16 bits per heavy atom. The van der Waals surface area contributed by atoms with Crippen molar-refractivity contribution in [2.45, 2.75) is 56.1 Å². The first kappa shape index (κ1) is 16.7. The van der Waals surface area contributed by atoms with E-state index in [2.05, 4.69) is 22.8 Å². The number of benzene rings is 1. The minimum absolute atomic E-state index is 0.0139. The normalized spacial score (nSPS) is 29.6. The summed E-state index contributed by atoms with van der Waals surface area (Å²) in [5, 5.41) is 6.28. The predicted octanol–water partition coefficient (Wildman–Crippen LogP) is 2.98. The van der Waals surface area contributed by atoms with Crippen LogP contribution < -0.4 is 15.4 Å². The number of carbonyl (C=O) groups is 1. The number of hydrogen-bond donors (Lipinski definition) is 2. The molecule has 3 fully saturated rings. The van der Waals surface area contributed by atoms with Gasteiger partial charge in [0.05, 0.1) is 13.2 Å². The Labute approximate surface area is 149 Å². The third-order valence-electron chi connectivity index (χ3n) is 6.39. The van der Waals surface area contributed by atoms with Gasteiger partial charge >= 0.3 is 6.03 Å². The second-order valence-corrected chi connectivity index (χ2v) is 7.72. The number of methoxy groups -OCH3 is 1. The van der Waals surface area contributed by atoms with Crippen molar-refractivity contribution in [1.82, 2.24) is 10.6 Å². The van der Waals surface area contributed by atoms with Crippen LogP contribution in [-0.2, 0) is 10.2 Å². The highest BCUT2D eigenvalue weighted by Crippen LogP contribution is 2.46. The van der Waals surface area contributed by atoms with Crippen molar-refractivity contribution >= 4 is 6.03 Å². The lowest BCUT2D eigenvalue weighted by molar-refractivity contribution is -0.0999. The van der Waals surface area contributed by atoms with Crippen LogP contribution in [-0.4, -0.2) is 38.4 Å². The van der Waals surface area contributed by atoms with Crippen LogP contribution in [0.5, 0.6) is 5.75 Å². The Kier molecular flexibility index (Phi) is 4.59. The molecule has 4 rings (SSSR count). The van der Waals surface area contributed by atoms with E-state index in [1.54, 1.807) is 7.11 Å². The summed E-state index contributed by atoms with van der Waals surface area (Å²) in [4.78, 5) is 12.4. The topological polar surface area (TPSA) is 59.6 Å². The maximum absolute atomic E-state index is 12.4. The molecule has 0 unspecified atom stereocenters. The van der Waals surface area contributed by atoms with Gasteiger partial charge in [-0.1, -0.05) is 24.6 Å². The van der Waals surface area contributed by atoms with Crippen LogP contribution in [0.25, 0.3) is 0 Å². The summed E-state index contributed by atoms with van der Waals surface area (Å²) in [5.41, 5.74) is 1.23. The zero-order valence-electron chi connectivity index (χ0n) is 14.9. The summed E-state index contributed by atoms with van der Waals surface area (Å²) >= 11 is 0. The van der Waals surface area contributed by atoms with E-state index >= 15 is 0 Å². The number of rotatable bonds is 5. The zero-order chi connectivity index (χ0) is 17.3. The van der Waals surface area contributed by atoms with E-state index in [4.69, 9.17) is 9.47 Å². The van der Waals surface area contributed by atoms with Crippen LogP contribution >= 0.6 is 0 Å². The first-order valence-corrected chi connectivity index (χ1v) is 9.51. The van der Waals surface area contributed by atoms with Gasteiger partial charge < -0.3 is 20.1 Å². The number of urea groups is 1. The molecule has 1 saturated heterocycles. The van der Waals surface area contributed by atoms with E-state index in [9.17, 15) is 4.79 Å². The molecule has 0 spiro atoms. The standard InChI is InChI=1S/C20H28N2O3/c1-24-17-8-3-2-7-15(17)20(9-5-10-20)13-21-19(23)22-16-12-18-14(16)6-4-11-25-18/h2-3,7-8,14,16,18H,4-6,9-13H2,1H3,(H2,21,22,23)/t14-,16-,18-/m1/s1. The van der Waals surface area contributed by atoms with Crippen LogP contribution in [0.1, 0.15) is 44.1 Å². The largest absolute Gasteiger partial charge is 0.496 e. The van der Waals surface area contributed by atoms with Gasteiger partial charge in [-0.05, 0) is 38.2 Å². The van der Waals surface area contributed by atoms with Crippen LogP contribution in [0.4, 0.5) is 4.79 Å². The number of hydrogen-bond acceptors (Lipinski definition) is 3. The Hall–Kier alpha value is -1.75. The monoisotopic (exact) mass is 344 g/mol. The van der Waals surface area contributed by atoms with Gasteiger partial charge in [0.2, 0.25) is 0 Å². The van der Waals surface area contributed by atoms with Crippen molar-refractivity contribution in [3.05, 3.63) is 29.8 Å². The van der Waals surface area contributed by atoms with Crippen LogP contribution in [0, 0.1) is 5.92 Å². The Balaban J connectivity index is 1.34. The van der Waals surface area contributed by atoms with Gasteiger partial charge in [-0.3, -0.25) is 0 Å². The van der Waals surface area contributed by atoms with E-state index in [1.165, 1.54) is 18.4 Å². The van der Waals surface area contributed by atoms with Gasteiger partial charge in [-0.25, -0.2) is 4.79 Å². The highest BCUT2D eigenvalue weighted by Gasteiger charge is 2.45. The Morgan fingerprint density at radius 3 is 2.88 bits per heavy atom. The molecule has 2 N–H and O–H groups in total. The maximum Gasteiger partial charge on any atom is 0.315 e. The molecule has 0 radical (unpaired) electrons. The average Bonchev–Trinajstić information content (AvgIpc) is 2.59. The lowest BCUT2D eigenvalue weighted by Gasteiger charge is -2.47. The molecule has 1 aromatic carbocycles. The maximum atomic E-state index is 12.4. The number of fused-ring (bicyclic) bond motifs is 1. The van der Waals surface area contributed by atoms with Gasteiger partial charge in [0, 0.05) is 36.1 Å². The molecule has 5 heteroatoms. The first-order chi connectivity index (χ1) is 12.2. The van der Waals surface area contributed by atoms with Gasteiger partial charge in [0.15, 0.2) is 0 Å². The van der Waals surface area contributed by atoms with E-state index in [-0.39, 0.29) is 17.5 Å². The highest BCUT2D eigenvalue weighted by atomic mass is 16.5. The molecule has 1 heterocycles. The summed E-state index contributed by atoms with van der Waals surface area (Å²) in [6.07, 6.45) is 6.98. The van der Waals surface area contributed by atoms with E-state index in [0.717, 1.165) is 38.0 Å². The van der Waals surface area contributed by atoms with E-state index < -0.39 is 0 Å². The van der Waals surface area contributed by atoms with Crippen LogP contribution in [0.15, 0.2) is 24.3 Å². The summed E-state index contributed by atoms with van der Waals surface area (Å²) in [7, 11) is 1.71. The summed E-state index contributed by atoms with van der Waals surface area (Å²) in [6, 6.07) is 8.41. The van der Waals surface area contributed by atoms with Crippen LogP contribution in [0.2, 0.25) is 0 Å². The molecule has 5 nitrogen and oxygen atoms in total. The Morgan fingerprint density at radius 1 is 1.32 bits per heavy atom.